The van der Waals surface area contributed by atoms with Crippen molar-refractivity contribution in [3.63, 3.8) is 0 Å². The van der Waals surface area contributed by atoms with Crippen molar-refractivity contribution in [2.45, 2.75) is 19.0 Å². The molecule has 132 valence electrons. The van der Waals surface area contributed by atoms with Crippen molar-refractivity contribution in [1.29, 1.82) is 0 Å². The highest BCUT2D eigenvalue weighted by Crippen LogP contribution is 2.12. The fraction of sp³-hybridized carbons (Fsp3) is 0.312. The van der Waals surface area contributed by atoms with Gasteiger partial charge in [0.1, 0.15) is 11.6 Å². The van der Waals surface area contributed by atoms with Gasteiger partial charge in [0.25, 0.3) is 5.91 Å². The van der Waals surface area contributed by atoms with Crippen molar-refractivity contribution in [2.75, 3.05) is 16.8 Å². The van der Waals surface area contributed by atoms with E-state index < -0.39 is 21.8 Å². The van der Waals surface area contributed by atoms with Gasteiger partial charge >= 0.3 is 0 Å². The smallest absolute Gasteiger partial charge is 0.272 e. The van der Waals surface area contributed by atoms with Gasteiger partial charge in [0, 0.05) is 18.2 Å². The lowest BCUT2D eigenvalue weighted by Gasteiger charge is -2.10. The minimum absolute atomic E-state index is 0.0472. The van der Waals surface area contributed by atoms with E-state index in [4.69, 9.17) is 0 Å². The predicted molar refractivity (Wildman–Crippen MR) is 90.3 cm³/mol. The van der Waals surface area contributed by atoms with E-state index in [9.17, 15) is 17.6 Å². The number of rotatable bonds is 5. The van der Waals surface area contributed by atoms with E-state index in [2.05, 4.69) is 20.8 Å². The minimum atomic E-state index is -3.06. The average molecular weight is 364 g/mol. The summed E-state index contributed by atoms with van der Waals surface area (Å²) in [6.45, 7) is 0.243. The maximum atomic E-state index is 13.5. The number of hydrogen-bond acceptors (Lipinski definition) is 6. The topological polar surface area (TPSA) is 101 Å². The van der Waals surface area contributed by atoms with Gasteiger partial charge in [0.2, 0.25) is 0 Å². The zero-order valence-corrected chi connectivity index (χ0v) is 14.1. The largest absolute Gasteiger partial charge is 0.364 e. The summed E-state index contributed by atoms with van der Waals surface area (Å²) in [5.41, 5.74) is 0.592. The third-order valence-electron chi connectivity index (χ3n) is 3.88. The zero-order chi connectivity index (χ0) is 17.9. The minimum Gasteiger partial charge on any atom is -0.364 e. The first-order valence-corrected chi connectivity index (χ1v) is 9.57. The van der Waals surface area contributed by atoms with Crippen LogP contribution in [0.5, 0.6) is 0 Å². The van der Waals surface area contributed by atoms with E-state index in [0.717, 1.165) is 0 Å². The molecule has 0 spiro atoms. The molecule has 9 heteroatoms. The highest BCUT2D eigenvalue weighted by Gasteiger charge is 2.29. The Morgan fingerprint density at radius 2 is 2.00 bits per heavy atom. The molecule has 1 atom stereocenters. The summed E-state index contributed by atoms with van der Waals surface area (Å²) in [6, 6.07) is 9.04. The SMILES string of the molecule is O=C(NC1CCS(=O)(=O)C1)c1ccc(NCc2ccccc2F)nn1. The van der Waals surface area contributed by atoms with Gasteiger partial charge in [0.15, 0.2) is 15.5 Å². The van der Waals surface area contributed by atoms with Gasteiger partial charge in [-0.2, -0.15) is 0 Å². The molecule has 0 radical (unpaired) electrons. The van der Waals surface area contributed by atoms with Crippen LogP contribution in [-0.2, 0) is 16.4 Å². The van der Waals surface area contributed by atoms with Crippen LogP contribution in [0, 0.1) is 5.82 Å². The molecule has 2 N–H and O–H groups in total. The quantitative estimate of drug-likeness (QED) is 0.825. The normalized spacial score (nSPS) is 18.7. The second kappa shape index (κ2) is 7.14. The number of aromatic nitrogens is 2. The first kappa shape index (κ1) is 17.3. The summed E-state index contributed by atoms with van der Waals surface area (Å²) >= 11 is 0. The first-order chi connectivity index (χ1) is 11.9. The van der Waals surface area contributed by atoms with E-state index in [1.165, 1.54) is 12.1 Å². The van der Waals surface area contributed by atoms with Crippen LogP contribution in [0.3, 0.4) is 0 Å². The van der Waals surface area contributed by atoms with Crippen molar-refractivity contribution in [3.8, 4) is 0 Å². The molecule has 1 fully saturated rings. The molecular formula is C16H17FN4O3S. The standard InChI is InChI=1S/C16H17FN4O3S/c17-13-4-2-1-3-11(13)9-18-15-6-5-14(20-21-15)16(22)19-12-7-8-25(23,24)10-12/h1-6,12H,7-10H2,(H,18,21)(H,19,22). The van der Waals surface area contributed by atoms with Gasteiger partial charge in [-0.05, 0) is 24.6 Å². The number of carbonyl (C=O) groups is 1. The van der Waals surface area contributed by atoms with Gasteiger partial charge in [0.05, 0.1) is 11.5 Å². The number of nitrogens with zero attached hydrogens (tertiary/aromatic N) is 2. The number of sulfone groups is 1. The summed E-state index contributed by atoms with van der Waals surface area (Å²) in [6.07, 6.45) is 0.407. The summed E-state index contributed by atoms with van der Waals surface area (Å²) < 4.78 is 36.3. The number of amides is 1. The van der Waals surface area contributed by atoms with Crippen LogP contribution in [-0.4, -0.2) is 42.1 Å². The molecule has 1 aliphatic rings. The number of carbonyl (C=O) groups excluding carboxylic acids is 1. The maximum absolute atomic E-state index is 13.5. The van der Waals surface area contributed by atoms with Gasteiger partial charge < -0.3 is 10.6 Å². The second-order valence-corrected chi connectivity index (χ2v) is 8.05. The van der Waals surface area contributed by atoms with Gasteiger partial charge in [-0.25, -0.2) is 12.8 Å². The van der Waals surface area contributed by atoms with Crippen LogP contribution in [0.1, 0.15) is 22.5 Å². The Labute approximate surface area is 144 Å². The lowest BCUT2D eigenvalue weighted by molar-refractivity contribution is 0.0935. The van der Waals surface area contributed by atoms with E-state index >= 15 is 0 Å². The third-order valence-corrected chi connectivity index (χ3v) is 5.65. The molecule has 0 bridgehead atoms. The molecule has 1 aromatic heterocycles. The Hall–Kier alpha value is -2.55. The molecule has 1 saturated heterocycles. The fourth-order valence-electron chi connectivity index (χ4n) is 2.54. The van der Waals surface area contributed by atoms with Crippen LogP contribution >= 0.6 is 0 Å². The van der Waals surface area contributed by atoms with Crippen molar-refractivity contribution in [3.05, 3.63) is 53.5 Å². The van der Waals surface area contributed by atoms with Gasteiger partial charge in [-0.3, -0.25) is 4.79 Å². The molecule has 1 aliphatic heterocycles. The van der Waals surface area contributed by atoms with Crippen LogP contribution in [0.25, 0.3) is 0 Å². The third kappa shape index (κ3) is 4.50. The summed E-state index contributed by atoms with van der Waals surface area (Å²) in [4.78, 5) is 12.1. The molecule has 1 amide bonds. The van der Waals surface area contributed by atoms with Gasteiger partial charge in [-0.15, -0.1) is 10.2 Å². The van der Waals surface area contributed by atoms with E-state index in [0.29, 0.717) is 17.8 Å². The van der Waals surface area contributed by atoms with E-state index in [1.807, 2.05) is 0 Å². The Morgan fingerprint density at radius 1 is 1.20 bits per heavy atom. The Bertz CT molecular complexity index is 871. The molecule has 7 nitrogen and oxygen atoms in total. The van der Waals surface area contributed by atoms with Gasteiger partial charge in [-0.1, -0.05) is 18.2 Å². The Morgan fingerprint density at radius 3 is 2.64 bits per heavy atom. The van der Waals surface area contributed by atoms with Crippen LogP contribution in [0.2, 0.25) is 0 Å². The van der Waals surface area contributed by atoms with Crippen LogP contribution < -0.4 is 10.6 Å². The number of halogens is 1. The number of benzene rings is 1. The van der Waals surface area contributed by atoms with E-state index in [-0.39, 0.29) is 29.6 Å². The second-order valence-electron chi connectivity index (χ2n) is 5.82. The molecular weight excluding hydrogens is 347 g/mol. The number of hydrogen-bond donors (Lipinski definition) is 2. The fourth-order valence-corrected chi connectivity index (χ4v) is 4.22. The molecule has 2 heterocycles. The van der Waals surface area contributed by atoms with E-state index in [1.54, 1.807) is 24.3 Å². The van der Waals surface area contributed by atoms with Crippen LogP contribution in [0.15, 0.2) is 36.4 Å². The highest BCUT2D eigenvalue weighted by atomic mass is 32.2. The predicted octanol–water partition coefficient (Wildman–Crippen LogP) is 1.14. The number of nitrogens with one attached hydrogen (secondary N) is 2. The Kier molecular flexibility index (Phi) is 4.93. The zero-order valence-electron chi connectivity index (χ0n) is 13.3. The molecule has 0 saturated carbocycles. The molecule has 25 heavy (non-hydrogen) atoms. The molecule has 1 aromatic carbocycles. The molecule has 2 aromatic rings. The monoisotopic (exact) mass is 364 g/mol. The molecule has 3 rings (SSSR count). The van der Waals surface area contributed by atoms with Crippen LogP contribution in [0.4, 0.5) is 10.2 Å². The summed E-state index contributed by atoms with van der Waals surface area (Å²) in [5, 5.41) is 13.3. The summed E-state index contributed by atoms with van der Waals surface area (Å²) in [5.74, 6) is -0.333. The van der Waals surface area contributed by atoms with Crippen molar-refractivity contribution >= 4 is 21.6 Å². The summed E-state index contributed by atoms with van der Waals surface area (Å²) in [7, 11) is -3.06. The lowest BCUT2D eigenvalue weighted by Crippen LogP contribution is -2.36. The molecule has 1 unspecified atom stereocenters. The highest BCUT2D eigenvalue weighted by molar-refractivity contribution is 7.91. The first-order valence-electron chi connectivity index (χ1n) is 7.75. The van der Waals surface area contributed by atoms with Crippen molar-refractivity contribution in [2.24, 2.45) is 0 Å². The number of anilines is 1. The van der Waals surface area contributed by atoms with Crippen molar-refractivity contribution in [1.82, 2.24) is 15.5 Å². The van der Waals surface area contributed by atoms with Crippen molar-refractivity contribution < 1.29 is 17.6 Å². The molecule has 0 aliphatic carbocycles. The Balaban J connectivity index is 1.56. The maximum Gasteiger partial charge on any atom is 0.272 e. The lowest BCUT2D eigenvalue weighted by atomic mass is 10.2. The average Bonchev–Trinajstić information content (AvgIpc) is 2.93.